The lowest BCUT2D eigenvalue weighted by Gasteiger charge is -2.39. The molecule has 3 rings (SSSR count). The number of amidine groups is 1. The molecule has 2 nitrogen and oxygen atoms in total. The summed E-state index contributed by atoms with van der Waals surface area (Å²) in [7, 11) is 0. The van der Waals surface area contributed by atoms with Gasteiger partial charge in [0.15, 0.2) is 5.17 Å². The molecule has 0 aromatic rings. The van der Waals surface area contributed by atoms with Gasteiger partial charge >= 0.3 is 0 Å². The molecule has 3 heteroatoms. The first-order chi connectivity index (χ1) is 8.25. The molecule has 1 saturated heterocycles. The quantitative estimate of drug-likeness (QED) is 0.814. The van der Waals surface area contributed by atoms with Crippen molar-refractivity contribution in [3.63, 3.8) is 0 Å². The molecule has 17 heavy (non-hydrogen) atoms. The fourth-order valence-electron chi connectivity index (χ4n) is 3.28. The first-order valence-corrected chi connectivity index (χ1v) is 8.18. The lowest BCUT2D eigenvalue weighted by Crippen LogP contribution is -2.46. The molecule has 0 bridgehead atoms. The van der Waals surface area contributed by atoms with Crippen LogP contribution in [0.15, 0.2) is 4.99 Å². The summed E-state index contributed by atoms with van der Waals surface area (Å²) < 4.78 is 0. The number of thioether (sulfide) groups is 1. The van der Waals surface area contributed by atoms with Crippen LogP contribution in [-0.2, 0) is 0 Å². The summed E-state index contributed by atoms with van der Waals surface area (Å²) in [6.45, 7) is 3.43. The summed E-state index contributed by atoms with van der Waals surface area (Å²) >= 11 is 1.96. The van der Waals surface area contributed by atoms with Gasteiger partial charge in [0.25, 0.3) is 0 Å². The van der Waals surface area contributed by atoms with Gasteiger partial charge in [-0.15, -0.1) is 0 Å². The van der Waals surface area contributed by atoms with Gasteiger partial charge in [0.2, 0.25) is 0 Å². The molecule has 2 atom stereocenters. The molecule has 2 aliphatic carbocycles. The van der Waals surface area contributed by atoms with Gasteiger partial charge in [0.05, 0.1) is 0 Å². The van der Waals surface area contributed by atoms with Crippen LogP contribution in [0.4, 0.5) is 0 Å². The highest BCUT2D eigenvalue weighted by Crippen LogP contribution is 2.40. The lowest BCUT2D eigenvalue weighted by molar-refractivity contribution is 0.173. The lowest BCUT2D eigenvalue weighted by atomic mass is 9.71. The molecular weight excluding hydrogens is 228 g/mol. The molecule has 0 aromatic carbocycles. The van der Waals surface area contributed by atoms with E-state index < -0.39 is 0 Å². The maximum atomic E-state index is 4.84. The average Bonchev–Trinajstić information content (AvgIpc) is 2.34. The van der Waals surface area contributed by atoms with E-state index in [1.54, 1.807) is 0 Å². The summed E-state index contributed by atoms with van der Waals surface area (Å²) in [6, 6.07) is 0.734. The van der Waals surface area contributed by atoms with Crippen LogP contribution in [0.5, 0.6) is 0 Å². The molecule has 0 radical (unpaired) electrons. The Morgan fingerprint density at radius 3 is 2.88 bits per heavy atom. The van der Waals surface area contributed by atoms with E-state index in [0.29, 0.717) is 5.41 Å². The molecular formula is C14H24N2S. The van der Waals surface area contributed by atoms with Crippen molar-refractivity contribution >= 4 is 16.9 Å². The Morgan fingerprint density at radius 2 is 2.12 bits per heavy atom. The highest BCUT2D eigenvalue weighted by molar-refractivity contribution is 8.13. The Morgan fingerprint density at radius 1 is 1.29 bits per heavy atom. The van der Waals surface area contributed by atoms with Crippen molar-refractivity contribution in [1.29, 1.82) is 0 Å². The van der Waals surface area contributed by atoms with Crippen LogP contribution in [-0.4, -0.2) is 23.5 Å². The second kappa shape index (κ2) is 4.83. The molecule has 0 amide bonds. The molecule has 0 spiro atoms. The Bertz CT molecular complexity index is 309. The monoisotopic (exact) mass is 252 g/mol. The van der Waals surface area contributed by atoms with E-state index in [-0.39, 0.29) is 0 Å². The zero-order valence-electron chi connectivity index (χ0n) is 10.9. The van der Waals surface area contributed by atoms with Crippen LogP contribution in [0.2, 0.25) is 0 Å². The second-order valence-electron chi connectivity index (χ2n) is 6.39. The van der Waals surface area contributed by atoms with E-state index in [1.807, 2.05) is 11.8 Å². The fourth-order valence-corrected chi connectivity index (χ4v) is 4.44. The number of fused-ring (bicyclic) bond motifs is 1. The number of hydrogen-bond donors (Lipinski definition) is 1. The molecule has 1 aliphatic heterocycles. The molecule has 1 heterocycles. The first kappa shape index (κ1) is 11.9. The number of nitrogens with zero attached hydrogens (tertiary/aromatic N) is 1. The normalized spacial score (nSPS) is 38.1. The van der Waals surface area contributed by atoms with Gasteiger partial charge in [-0.05, 0) is 37.0 Å². The number of aliphatic imine (C=N–C) groups is 1. The van der Waals surface area contributed by atoms with Crippen LogP contribution in [0.1, 0.15) is 51.9 Å². The number of rotatable bonds is 2. The van der Waals surface area contributed by atoms with Crippen LogP contribution >= 0.6 is 11.8 Å². The van der Waals surface area contributed by atoms with E-state index >= 15 is 0 Å². The molecule has 2 saturated carbocycles. The molecule has 1 N–H and O–H groups in total. The number of nitrogens with one attached hydrogen (secondary N) is 1. The molecule has 3 aliphatic rings. The van der Waals surface area contributed by atoms with E-state index in [4.69, 9.17) is 4.99 Å². The molecule has 0 aromatic heterocycles. The summed E-state index contributed by atoms with van der Waals surface area (Å²) in [5.41, 5.74) is 0.526. The van der Waals surface area contributed by atoms with Gasteiger partial charge in [0.1, 0.15) is 0 Å². The van der Waals surface area contributed by atoms with E-state index in [2.05, 4.69) is 12.2 Å². The van der Waals surface area contributed by atoms with Crippen LogP contribution in [0.3, 0.4) is 0 Å². The minimum Gasteiger partial charge on any atom is -0.362 e. The Hall–Kier alpha value is -0.180. The van der Waals surface area contributed by atoms with Crippen molar-refractivity contribution in [2.45, 2.75) is 57.9 Å². The predicted octanol–water partition coefficient (Wildman–Crippen LogP) is 3.43. The van der Waals surface area contributed by atoms with Gasteiger partial charge in [0, 0.05) is 18.3 Å². The van der Waals surface area contributed by atoms with Crippen LogP contribution in [0.25, 0.3) is 0 Å². The van der Waals surface area contributed by atoms with Gasteiger partial charge < -0.3 is 5.32 Å². The average molecular weight is 252 g/mol. The number of hydrogen-bond acceptors (Lipinski definition) is 2. The summed E-state index contributed by atoms with van der Waals surface area (Å²) in [6.07, 6.45) is 9.79. The fraction of sp³-hybridized carbons (Fsp3) is 0.929. The minimum absolute atomic E-state index is 0.526. The van der Waals surface area contributed by atoms with E-state index in [0.717, 1.165) is 18.5 Å². The molecule has 2 unspecified atom stereocenters. The van der Waals surface area contributed by atoms with Crippen LogP contribution in [0, 0.1) is 11.3 Å². The summed E-state index contributed by atoms with van der Waals surface area (Å²) in [5, 5.41) is 4.93. The van der Waals surface area contributed by atoms with Gasteiger partial charge in [-0.25, -0.2) is 0 Å². The standard InChI is InChI=1S/C14H24N2S/c1-14(7-4-8-14)10-15-13-16-12-6-3-2-5-11(12)9-17-13/h11-12H,2-10H2,1H3,(H,15,16). The zero-order chi connectivity index (χ0) is 11.7. The highest BCUT2D eigenvalue weighted by Gasteiger charge is 2.33. The Balaban J connectivity index is 1.56. The van der Waals surface area contributed by atoms with Crippen LogP contribution < -0.4 is 5.32 Å². The van der Waals surface area contributed by atoms with Crippen molar-refractivity contribution in [3.8, 4) is 0 Å². The van der Waals surface area contributed by atoms with Crippen molar-refractivity contribution < 1.29 is 0 Å². The maximum Gasteiger partial charge on any atom is 0.156 e. The molecule has 3 fully saturated rings. The van der Waals surface area contributed by atoms with Crippen molar-refractivity contribution in [2.24, 2.45) is 16.3 Å². The van der Waals surface area contributed by atoms with Gasteiger partial charge in [-0.3, -0.25) is 4.99 Å². The summed E-state index contributed by atoms with van der Waals surface area (Å²) in [5.74, 6) is 2.21. The zero-order valence-corrected chi connectivity index (χ0v) is 11.7. The topological polar surface area (TPSA) is 24.4 Å². The van der Waals surface area contributed by atoms with E-state index in [9.17, 15) is 0 Å². The summed E-state index contributed by atoms with van der Waals surface area (Å²) in [4.78, 5) is 4.84. The highest BCUT2D eigenvalue weighted by atomic mass is 32.2. The van der Waals surface area contributed by atoms with Crippen molar-refractivity contribution in [2.75, 3.05) is 12.3 Å². The third-order valence-electron chi connectivity index (χ3n) is 4.82. The smallest absolute Gasteiger partial charge is 0.156 e. The third-order valence-corrected chi connectivity index (χ3v) is 5.93. The predicted molar refractivity (Wildman–Crippen MR) is 75.6 cm³/mol. The first-order valence-electron chi connectivity index (χ1n) is 7.19. The SMILES string of the molecule is CC1(CN=C2NC3CCCCC3CS2)CCC1. The third kappa shape index (κ3) is 2.64. The minimum atomic E-state index is 0.526. The van der Waals surface area contributed by atoms with E-state index in [1.165, 1.54) is 55.9 Å². The second-order valence-corrected chi connectivity index (χ2v) is 7.40. The van der Waals surface area contributed by atoms with Crippen molar-refractivity contribution in [1.82, 2.24) is 5.32 Å². The molecule has 96 valence electrons. The van der Waals surface area contributed by atoms with Crippen molar-refractivity contribution in [3.05, 3.63) is 0 Å². The Labute approximate surface area is 109 Å². The Kier molecular flexibility index (Phi) is 3.38. The maximum absolute atomic E-state index is 4.84. The van der Waals surface area contributed by atoms with Gasteiger partial charge in [-0.1, -0.05) is 37.9 Å². The van der Waals surface area contributed by atoms with Gasteiger partial charge in [-0.2, -0.15) is 0 Å². The largest absolute Gasteiger partial charge is 0.362 e.